The quantitative estimate of drug-likeness (QED) is 0.217. The molecule has 1 aromatic heterocycles. The van der Waals surface area contributed by atoms with Crippen LogP contribution in [0, 0.1) is 0 Å². The Morgan fingerprint density at radius 1 is 0.939 bits per heavy atom. The van der Waals surface area contributed by atoms with E-state index in [1.165, 1.54) is 102 Å². The maximum atomic E-state index is 12.4. The Morgan fingerprint density at radius 2 is 1.52 bits per heavy atom. The first-order valence-electron chi connectivity index (χ1n) is 12.9. The van der Waals surface area contributed by atoms with Crippen molar-refractivity contribution in [1.29, 1.82) is 0 Å². The van der Waals surface area contributed by atoms with Crippen LogP contribution in [0.2, 0.25) is 5.02 Å². The zero-order valence-corrected chi connectivity index (χ0v) is 21.4. The van der Waals surface area contributed by atoms with Gasteiger partial charge in [0.15, 0.2) is 0 Å². The van der Waals surface area contributed by atoms with E-state index in [1.54, 1.807) is 0 Å². The van der Waals surface area contributed by atoms with E-state index in [-0.39, 0.29) is 16.7 Å². The summed E-state index contributed by atoms with van der Waals surface area (Å²) in [5.41, 5.74) is 0.925. The molecule has 1 heterocycles. The topological polar surface area (TPSA) is 65.7 Å². The summed E-state index contributed by atoms with van der Waals surface area (Å²) in [4.78, 5) is 14.9. The Labute approximate surface area is 204 Å². The number of rotatable bonds is 18. The van der Waals surface area contributed by atoms with Crippen molar-refractivity contribution in [2.75, 3.05) is 26.7 Å². The van der Waals surface area contributed by atoms with E-state index < -0.39 is 0 Å². The Morgan fingerprint density at radius 3 is 2.15 bits per heavy atom. The van der Waals surface area contributed by atoms with Crippen LogP contribution in [0.4, 0.5) is 0 Å². The summed E-state index contributed by atoms with van der Waals surface area (Å²) in [6, 6.07) is 3.00. The second-order valence-electron chi connectivity index (χ2n) is 9.25. The lowest BCUT2D eigenvalue weighted by Crippen LogP contribution is -2.24. The number of phenolic OH excluding ortho intramolecular Hbond substituents is 1. The second-order valence-corrected chi connectivity index (χ2v) is 9.66. The molecule has 0 fully saturated rings. The zero-order valence-electron chi connectivity index (χ0n) is 20.6. The van der Waals surface area contributed by atoms with E-state index in [0.29, 0.717) is 23.1 Å². The molecule has 2 rings (SSSR count). The minimum atomic E-state index is -0.181. The fourth-order valence-electron chi connectivity index (χ4n) is 4.17. The SMILES string of the molecule is CCCCCCCCCN(C)CCCCCCCCNC(=O)c1coc2cc(Cl)c(O)cc12. The maximum Gasteiger partial charge on any atom is 0.255 e. The van der Waals surface area contributed by atoms with Gasteiger partial charge in [0.25, 0.3) is 5.91 Å². The number of carbonyl (C=O) groups excluding carboxylic acids is 1. The number of benzene rings is 1. The molecule has 0 aliphatic carbocycles. The van der Waals surface area contributed by atoms with Crippen LogP contribution in [0.3, 0.4) is 0 Å². The monoisotopic (exact) mass is 478 g/mol. The number of nitrogens with one attached hydrogen (secondary N) is 1. The molecule has 186 valence electrons. The normalized spacial score (nSPS) is 11.5. The van der Waals surface area contributed by atoms with Crippen molar-refractivity contribution in [2.24, 2.45) is 0 Å². The van der Waals surface area contributed by atoms with Crippen molar-refractivity contribution < 1.29 is 14.3 Å². The molecule has 0 unspecified atom stereocenters. The molecule has 5 nitrogen and oxygen atoms in total. The summed E-state index contributed by atoms with van der Waals surface area (Å²) in [6.07, 6.45) is 18.1. The minimum absolute atomic E-state index is 0.0522. The third-order valence-corrected chi connectivity index (χ3v) is 6.59. The number of aromatic hydroxyl groups is 1. The van der Waals surface area contributed by atoms with Crippen LogP contribution in [0.25, 0.3) is 11.0 Å². The van der Waals surface area contributed by atoms with Crippen LogP contribution in [0.5, 0.6) is 5.75 Å². The number of amides is 1. The van der Waals surface area contributed by atoms with Gasteiger partial charge >= 0.3 is 0 Å². The smallest absolute Gasteiger partial charge is 0.255 e. The third-order valence-electron chi connectivity index (χ3n) is 6.28. The highest BCUT2D eigenvalue weighted by Crippen LogP contribution is 2.31. The van der Waals surface area contributed by atoms with Gasteiger partial charge in [-0.05, 0) is 45.5 Å². The standard InChI is InChI=1S/C27H43ClN2O3/c1-3-4-5-6-8-11-14-17-30(2)18-15-12-9-7-10-13-16-29-27(32)23-21-33-26-20-24(28)25(31)19-22(23)26/h19-21,31H,3-18H2,1-2H3,(H,29,32). The van der Waals surface area contributed by atoms with E-state index in [2.05, 4.69) is 24.2 Å². The lowest BCUT2D eigenvalue weighted by molar-refractivity contribution is 0.0953. The number of unbranched alkanes of at least 4 members (excludes halogenated alkanes) is 11. The molecule has 2 aromatic rings. The first kappa shape index (κ1) is 27.5. The molecule has 0 radical (unpaired) electrons. The van der Waals surface area contributed by atoms with Gasteiger partial charge in [-0.25, -0.2) is 0 Å². The van der Waals surface area contributed by atoms with Crippen LogP contribution in [-0.2, 0) is 0 Å². The number of phenols is 1. The van der Waals surface area contributed by atoms with Crippen LogP contribution in [0.15, 0.2) is 22.8 Å². The van der Waals surface area contributed by atoms with Crippen molar-refractivity contribution in [3.63, 3.8) is 0 Å². The Bertz CT molecular complexity index is 821. The fourth-order valence-corrected chi connectivity index (χ4v) is 4.33. The van der Waals surface area contributed by atoms with E-state index in [4.69, 9.17) is 16.0 Å². The molecule has 6 heteroatoms. The van der Waals surface area contributed by atoms with Crippen LogP contribution in [0.1, 0.15) is 101 Å². The first-order chi connectivity index (χ1) is 16.0. The number of nitrogens with zero attached hydrogens (tertiary/aromatic N) is 1. The molecule has 0 saturated heterocycles. The molecular weight excluding hydrogens is 436 g/mol. The average Bonchev–Trinajstić information content (AvgIpc) is 3.20. The van der Waals surface area contributed by atoms with E-state index in [1.807, 2.05) is 0 Å². The van der Waals surface area contributed by atoms with Crippen molar-refractivity contribution in [1.82, 2.24) is 10.2 Å². The molecule has 33 heavy (non-hydrogen) atoms. The van der Waals surface area contributed by atoms with Crippen molar-refractivity contribution in [3.8, 4) is 5.75 Å². The summed E-state index contributed by atoms with van der Waals surface area (Å²) in [5.74, 6) is -0.233. The highest BCUT2D eigenvalue weighted by Gasteiger charge is 2.15. The zero-order chi connectivity index (χ0) is 23.9. The van der Waals surface area contributed by atoms with Gasteiger partial charge in [-0.3, -0.25) is 4.79 Å². The number of halogens is 1. The predicted octanol–water partition coefficient (Wildman–Crippen LogP) is 7.54. The Balaban J connectivity index is 1.45. The van der Waals surface area contributed by atoms with Crippen LogP contribution in [-0.4, -0.2) is 42.6 Å². The number of hydrogen-bond acceptors (Lipinski definition) is 4. The van der Waals surface area contributed by atoms with Gasteiger partial charge in [-0.15, -0.1) is 0 Å². The van der Waals surface area contributed by atoms with Gasteiger partial charge in [-0.1, -0.05) is 82.7 Å². The number of furan rings is 1. The molecule has 1 amide bonds. The molecule has 0 aliphatic rings. The molecule has 0 bridgehead atoms. The largest absolute Gasteiger partial charge is 0.506 e. The second kappa shape index (κ2) is 16.0. The Hall–Kier alpha value is -1.72. The molecule has 2 N–H and O–H groups in total. The summed E-state index contributed by atoms with van der Waals surface area (Å²) in [5, 5.41) is 13.5. The van der Waals surface area contributed by atoms with Crippen molar-refractivity contribution in [3.05, 3.63) is 29.0 Å². The molecular formula is C27H43ClN2O3. The molecule has 1 aromatic carbocycles. The lowest BCUT2D eigenvalue weighted by Gasteiger charge is -2.16. The first-order valence-corrected chi connectivity index (χ1v) is 13.3. The molecule has 0 aliphatic heterocycles. The van der Waals surface area contributed by atoms with Gasteiger partial charge in [0.1, 0.15) is 17.6 Å². The highest BCUT2D eigenvalue weighted by atomic mass is 35.5. The average molecular weight is 479 g/mol. The summed E-state index contributed by atoms with van der Waals surface area (Å²) >= 11 is 5.89. The molecule has 0 atom stereocenters. The third kappa shape index (κ3) is 10.4. The summed E-state index contributed by atoms with van der Waals surface area (Å²) in [6.45, 7) is 5.34. The fraction of sp³-hybridized carbons (Fsp3) is 0.667. The van der Waals surface area contributed by atoms with Gasteiger partial charge in [0.05, 0.1) is 10.6 Å². The maximum absolute atomic E-state index is 12.4. The lowest BCUT2D eigenvalue weighted by atomic mass is 10.1. The van der Waals surface area contributed by atoms with E-state index >= 15 is 0 Å². The van der Waals surface area contributed by atoms with Crippen molar-refractivity contribution in [2.45, 2.75) is 90.4 Å². The van der Waals surface area contributed by atoms with Gasteiger partial charge in [0, 0.05) is 18.0 Å². The van der Waals surface area contributed by atoms with Crippen LogP contribution < -0.4 is 5.32 Å². The van der Waals surface area contributed by atoms with Gasteiger partial charge < -0.3 is 19.7 Å². The van der Waals surface area contributed by atoms with E-state index in [0.717, 1.165) is 12.8 Å². The minimum Gasteiger partial charge on any atom is -0.506 e. The molecule has 0 spiro atoms. The van der Waals surface area contributed by atoms with E-state index in [9.17, 15) is 9.90 Å². The van der Waals surface area contributed by atoms with Gasteiger partial charge in [0.2, 0.25) is 0 Å². The summed E-state index contributed by atoms with van der Waals surface area (Å²) < 4.78 is 5.39. The number of carbonyl (C=O) groups is 1. The molecule has 0 saturated carbocycles. The van der Waals surface area contributed by atoms with Gasteiger partial charge in [-0.2, -0.15) is 0 Å². The van der Waals surface area contributed by atoms with Crippen LogP contribution >= 0.6 is 11.6 Å². The highest BCUT2D eigenvalue weighted by molar-refractivity contribution is 6.32. The Kier molecular flexibility index (Phi) is 13.3. The summed E-state index contributed by atoms with van der Waals surface area (Å²) in [7, 11) is 2.25. The van der Waals surface area contributed by atoms with Crippen molar-refractivity contribution >= 4 is 28.5 Å². The predicted molar refractivity (Wildman–Crippen MR) is 138 cm³/mol. The number of hydrogen-bond donors (Lipinski definition) is 2. The number of fused-ring (bicyclic) bond motifs is 1.